The predicted octanol–water partition coefficient (Wildman–Crippen LogP) is 14.9. The van der Waals surface area contributed by atoms with Crippen molar-refractivity contribution in [2.24, 2.45) is 0 Å². The van der Waals surface area contributed by atoms with E-state index in [4.69, 9.17) is 26.3 Å². The quantitative estimate of drug-likeness (QED) is 0.143. The van der Waals surface area contributed by atoms with Gasteiger partial charge in [-0.1, -0.05) is 200 Å². The van der Waals surface area contributed by atoms with Crippen molar-refractivity contribution in [3.63, 3.8) is 0 Å². The van der Waals surface area contributed by atoms with E-state index in [1.165, 1.54) is 11.1 Å². The lowest BCUT2D eigenvalue weighted by molar-refractivity contribution is 0.435. The Hall–Kier alpha value is -8.72. The summed E-state index contributed by atoms with van der Waals surface area (Å²) < 4.78 is 6.81. The van der Waals surface area contributed by atoms with Crippen LogP contribution in [0.1, 0.15) is 22.3 Å². The highest BCUT2D eigenvalue weighted by Gasteiger charge is 2.45. The highest BCUT2D eigenvalue weighted by molar-refractivity contribution is 5.79. The van der Waals surface area contributed by atoms with Gasteiger partial charge in [-0.25, -0.2) is 19.8 Å². The van der Waals surface area contributed by atoms with E-state index in [0.29, 0.717) is 23.2 Å². The van der Waals surface area contributed by atoms with Crippen LogP contribution in [-0.2, 0) is 5.41 Å². The number of hydrogen-bond acceptors (Lipinski definition) is 4. The summed E-state index contributed by atoms with van der Waals surface area (Å²) in [6.07, 6.45) is 0. The SMILES string of the molecule is [C-]#[N+]c1ccc(-c2cccc(-c3nc(-c4ccccc4)nc(-c4cccc(-c5cccc(-c6ccc7c(c6)Oc6ccccc6C7(c6ccccc6)c6ccccc6)c5)c4)n3)c2)cc1. The number of hydrogen-bond donors (Lipinski definition) is 0. The third-order valence-corrected chi connectivity index (χ3v) is 12.1. The van der Waals surface area contributed by atoms with E-state index in [0.717, 1.165) is 72.7 Å². The smallest absolute Gasteiger partial charge is 0.187 e. The molecule has 0 spiro atoms. The van der Waals surface area contributed by atoms with Gasteiger partial charge in [0.2, 0.25) is 0 Å². The lowest BCUT2D eigenvalue weighted by Crippen LogP contribution is -2.34. The largest absolute Gasteiger partial charge is 0.457 e. The first-order valence-electron chi connectivity index (χ1n) is 21.3. The first-order valence-corrected chi connectivity index (χ1v) is 21.3. The lowest BCUT2D eigenvalue weighted by Gasteiger charge is -2.41. The minimum absolute atomic E-state index is 0.572. The fourth-order valence-electron chi connectivity index (χ4n) is 9.02. The van der Waals surface area contributed by atoms with Gasteiger partial charge in [-0.05, 0) is 74.8 Å². The van der Waals surface area contributed by atoms with Crippen LogP contribution in [-0.4, -0.2) is 15.0 Å². The molecule has 0 bridgehead atoms. The van der Waals surface area contributed by atoms with Crippen LogP contribution in [0, 0.1) is 6.57 Å². The summed E-state index contributed by atoms with van der Waals surface area (Å²) in [5, 5.41) is 0. The molecule has 11 rings (SSSR count). The Labute approximate surface area is 372 Å². The van der Waals surface area contributed by atoms with Gasteiger partial charge in [0.25, 0.3) is 0 Å². The molecule has 0 saturated carbocycles. The molecule has 0 radical (unpaired) electrons. The number of rotatable bonds is 8. The van der Waals surface area contributed by atoms with Crippen LogP contribution in [0.25, 0.3) is 72.4 Å². The second kappa shape index (κ2) is 16.3. The van der Waals surface area contributed by atoms with Crippen molar-refractivity contribution in [2.45, 2.75) is 5.41 Å². The average molecular weight is 819 g/mol. The van der Waals surface area contributed by atoms with Gasteiger partial charge in [0.05, 0.1) is 12.0 Å². The molecular formula is C59H38N4O. The Balaban J connectivity index is 0.977. The van der Waals surface area contributed by atoms with Crippen LogP contribution in [0.5, 0.6) is 11.5 Å². The summed E-state index contributed by atoms with van der Waals surface area (Å²) >= 11 is 0. The van der Waals surface area contributed by atoms with Gasteiger partial charge < -0.3 is 4.74 Å². The van der Waals surface area contributed by atoms with Gasteiger partial charge in [0.1, 0.15) is 11.5 Å². The Morgan fingerprint density at radius 2 is 0.734 bits per heavy atom. The van der Waals surface area contributed by atoms with Gasteiger partial charge in [0, 0.05) is 27.8 Å². The van der Waals surface area contributed by atoms with Crippen LogP contribution in [0.3, 0.4) is 0 Å². The Morgan fingerprint density at radius 3 is 1.30 bits per heavy atom. The van der Waals surface area contributed by atoms with Crippen molar-refractivity contribution in [1.82, 2.24) is 15.0 Å². The molecule has 9 aromatic carbocycles. The molecule has 0 atom stereocenters. The molecule has 5 heteroatoms. The lowest BCUT2D eigenvalue weighted by atomic mass is 9.63. The fraction of sp³-hybridized carbons (Fsp3) is 0.0169. The normalized spacial score (nSPS) is 12.3. The zero-order valence-corrected chi connectivity index (χ0v) is 34.6. The van der Waals surface area contributed by atoms with Crippen LogP contribution in [0.4, 0.5) is 5.69 Å². The van der Waals surface area contributed by atoms with Crippen molar-refractivity contribution in [3.8, 4) is 79.0 Å². The zero-order chi connectivity index (χ0) is 42.9. The van der Waals surface area contributed by atoms with Crippen LogP contribution in [0.15, 0.2) is 231 Å². The van der Waals surface area contributed by atoms with Crippen molar-refractivity contribution in [1.29, 1.82) is 0 Å². The number of fused-ring (bicyclic) bond motifs is 2. The highest BCUT2D eigenvalue weighted by atomic mass is 16.5. The third kappa shape index (κ3) is 6.90. The molecule has 64 heavy (non-hydrogen) atoms. The first-order chi connectivity index (χ1) is 31.6. The summed E-state index contributed by atoms with van der Waals surface area (Å²) in [6, 6.07) is 79.5. The number of ether oxygens (including phenoxy) is 1. The maximum Gasteiger partial charge on any atom is 0.187 e. The molecule has 2 heterocycles. The summed E-state index contributed by atoms with van der Waals surface area (Å²) in [7, 11) is 0. The van der Waals surface area contributed by atoms with Crippen LogP contribution >= 0.6 is 0 Å². The summed E-state index contributed by atoms with van der Waals surface area (Å²) in [4.78, 5) is 18.7. The molecule has 0 unspecified atom stereocenters. The number of benzene rings is 9. The average Bonchev–Trinajstić information content (AvgIpc) is 3.38. The van der Waals surface area contributed by atoms with Gasteiger partial charge in [0.15, 0.2) is 23.2 Å². The summed E-state index contributed by atoms with van der Waals surface area (Å²) in [6.45, 7) is 7.36. The monoisotopic (exact) mass is 818 g/mol. The van der Waals surface area contributed by atoms with Crippen molar-refractivity contribution in [3.05, 3.63) is 264 Å². The van der Waals surface area contributed by atoms with E-state index >= 15 is 0 Å². The highest BCUT2D eigenvalue weighted by Crippen LogP contribution is 2.55. The molecule has 0 amide bonds. The van der Waals surface area contributed by atoms with Gasteiger partial charge in [-0.15, -0.1) is 0 Å². The summed E-state index contributed by atoms with van der Waals surface area (Å²) in [5.41, 5.74) is 13.6. The van der Waals surface area contributed by atoms with E-state index in [2.05, 4.69) is 163 Å². The fourth-order valence-corrected chi connectivity index (χ4v) is 9.02. The molecule has 0 saturated heterocycles. The van der Waals surface area contributed by atoms with Crippen molar-refractivity contribution < 1.29 is 4.74 Å². The molecule has 1 aliphatic heterocycles. The van der Waals surface area contributed by atoms with Gasteiger partial charge in [-0.2, -0.15) is 0 Å². The zero-order valence-electron chi connectivity index (χ0n) is 34.6. The van der Waals surface area contributed by atoms with Crippen molar-refractivity contribution >= 4 is 5.69 Å². The van der Waals surface area contributed by atoms with E-state index < -0.39 is 5.41 Å². The van der Waals surface area contributed by atoms with E-state index in [1.54, 1.807) is 0 Å². The van der Waals surface area contributed by atoms with E-state index in [9.17, 15) is 0 Å². The predicted molar refractivity (Wildman–Crippen MR) is 257 cm³/mol. The molecule has 300 valence electrons. The maximum atomic E-state index is 7.36. The number of para-hydroxylation sites is 1. The topological polar surface area (TPSA) is 52.3 Å². The Bertz CT molecular complexity index is 3320. The van der Waals surface area contributed by atoms with E-state index in [1.807, 2.05) is 72.8 Å². The summed E-state index contributed by atoms with van der Waals surface area (Å²) in [5.74, 6) is 3.44. The maximum absolute atomic E-state index is 7.36. The molecule has 0 aliphatic carbocycles. The standard InChI is InChI=1S/C59H38N4O/c1-60-51-33-30-40(31-34-51)42-18-14-22-47(37-42)57-61-56(41-16-5-2-6-17-41)62-58(63-57)48-23-15-21-45(38-48)43-19-13-20-44(36-43)46-32-35-53-55(39-46)64-54-29-12-11-28-52(54)59(53,49-24-7-3-8-25-49)50-26-9-4-10-27-50/h2-39H. The molecule has 0 N–H and O–H groups in total. The molecule has 0 fully saturated rings. The second-order valence-electron chi connectivity index (χ2n) is 15.9. The third-order valence-electron chi connectivity index (χ3n) is 12.1. The van der Waals surface area contributed by atoms with E-state index in [-0.39, 0.29) is 0 Å². The van der Waals surface area contributed by atoms with Crippen LogP contribution in [0.2, 0.25) is 0 Å². The molecule has 1 aromatic heterocycles. The minimum atomic E-state index is -0.572. The van der Waals surface area contributed by atoms with Gasteiger partial charge >= 0.3 is 0 Å². The Kier molecular flexibility index (Phi) is 9.72. The second-order valence-corrected chi connectivity index (χ2v) is 15.9. The Morgan fingerprint density at radius 1 is 0.328 bits per heavy atom. The van der Waals surface area contributed by atoms with Crippen LogP contribution < -0.4 is 4.74 Å². The first kappa shape index (κ1) is 38.2. The number of aromatic nitrogens is 3. The van der Waals surface area contributed by atoms with Gasteiger partial charge in [-0.3, -0.25) is 0 Å². The van der Waals surface area contributed by atoms with Crippen molar-refractivity contribution in [2.75, 3.05) is 0 Å². The number of nitrogens with zero attached hydrogens (tertiary/aromatic N) is 4. The molecule has 10 aromatic rings. The minimum Gasteiger partial charge on any atom is -0.457 e. The molecular weight excluding hydrogens is 781 g/mol. The molecule has 5 nitrogen and oxygen atoms in total. The molecule has 1 aliphatic rings.